The van der Waals surface area contributed by atoms with Crippen LogP contribution < -0.4 is 10.6 Å². The Bertz CT molecular complexity index is 588. The molecule has 0 aliphatic carbocycles. The standard InChI is InChI=1S/C21H38N4O3.HI/c1-6-27-19(16(2)3)9-10-23-21(22-5)24-15-18(20-8-7-17(4)28-20)25-11-13-26-14-12-25;/h7-8,16,18-19H,6,9-15H2,1-5H3,(H2,22,23,24);1H. The van der Waals surface area contributed by atoms with E-state index in [2.05, 4.69) is 40.4 Å². The van der Waals surface area contributed by atoms with Crippen LogP contribution in [0.5, 0.6) is 0 Å². The molecule has 1 fully saturated rings. The topological polar surface area (TPSA) is 71.3 Å². The number of furan rings is 1. The summed E-state index contributed by atoms with van der Waals surface area (Å²) in [6.07, 6.45) is 1.22. The van der Waals surface area contributed by atoms with E-state index in [9.17, 15) is 0 Å². The molecule has 1 saturated heterocycles. The molecule has 1 aliphatic heterocycles. The quantitative estimate of drug-likeness (QED) is 0.280. The largest absolute Gasteiger partial charge is 0.465 e. The Kier molecular flexibility index (Phi) is 12.8. The van der Waals surface area contributed by atoms with Gasteiger partial charge in [0.2, 0.25) is 0 Å². The zero-order chi connectivity index (χ0) is 20.4. The fraction of sp³-hybridized carbons (Fsp3) is 0.762. The maximum absolute atomic E-state index is 5.93. The molecule has 2 rings (SSSR count). The highest BCUT2D eigenvalue weighted by Crippen LogP contribution is 2.23. The van der Waals surface area contributed by atoms with Gasteiger partial charge in [0.05, 0.1) is 25.4 Å². The van der Waals surface area contributed by atoms with E-state index in [1.165, 1.54) is 0 Å². The highest BCUT2D eigenvalue weighted by Gasteiger charge is 2.25. The van der Waals surface area contributed by atoms with E-state index in [0.29, 0.717) is 5.92 Å². The van der Waals surface area contributed by atoms with E-state index in [-0.39, 0.29) is 36.1 Å². The first-order valence-electron chi connectivity index (χ1n) is 10.5. The minimum Gasteiger partial charge on any atom is -0.465 e. The maximum Gasteiger partial charge on any atom is 0.191 e. The number of rotatable bonds is 10. The summed E-state index contributed by atoms with van der Waals surface area (Å²) in [4.78, 5) is 6.78. The van der Waals surface area contributed by atoms with Gasteiger partial charge in [-0.1, -0.05) is 13.8 Å². The first kappa shape index (κ1) is 26.2. The SMILES string of the molecule is CCOC(CCNC(=NC)NCC(c1ccc(C)o1)N1CCOCC1)C(C)C.I. The van der Waals surface area contributed by atoms with E-state index in [1.807, 2.05) is 19.9 Å². The zero-order valence-corrected chi connectivity index (χ0v) is 20.9. The van der Waals surface area contributed by atoms with Crippen LogP contribution >= 0.6 is 24.0 Å². The first-order valence-corrected chi connectivity index (χ1v) is 10.5. The molecular formula is C21H39IN4O3. The third-order valence-electron chi connectivity index (χ3n) is 5.11. The molecule has 29 heavy (non-hydrogen) atoms. The van der Waals surface area contributed by atoms with Crippen LogP contribution in [0.3, 0.4) is 0 Å². The molecule has 1 aromatic rings. The van der Waals surface area contributed by atoms with Crippen molar-refractivity contribution in [2.24, 2.45) is 10.9 Å². The van der Waals surface area contributed by atoms with Gasteiger partial charge in [-0.15, -0.1) is 24.0 Å². The van der Waals surface area contributed by atoms with E-state index >= 15 is 0 Å². The molecule has 2 heterocycles. The molecule has 0 bridgehead atoms. The Morgan fingerprint density at radius 2 is 1.97 bits per heavy atom. The molecule has 0 saturated carbocycles. The second kappa shape index (κ2) is 14.2. The second-order valence-corrected chi connectivity index (χ2v) is 7.52. The van der Waals surface area contributed by atoms with Gasteiger partial charge < -0.3 is 24.5 Å². The van der Waals surface area contributed by atoms with Crippen molar-refractivity contribution >= 4 is 29.9 Å². The molecule has 2 unspecified atom stereocenters. The van der Waals surface area contributed by atoms with Crippen molar-refractivity contribution in [1.82, 2.24) is 15.5 Å². The predicted molar refractivity (Wildman–Crippen MR) is 128 cm³/mol. The lowest BCUT2D eigenvalue weighted by Gasteiger charge is -2.33. The molecule has 0 amide bonds. The van der Waals surface area contributed by atoms with Gasteiger partial charge in [0.1, 0.15) is 11.5 Å². The van der Waals surface area contributed by atoms with Crippen LogP contribution in [-0.2, 0) is 9.47 Å². The Morgan fingerprint density at radius 1 is 1.24 bits per heavy atom. The minimum atomic E-state index is 0. The number of nitrogens with zero attached hydrogens (tertiary/aromatic N) is 2. The number of nitrogens with one attached hydrogen (secondary N) is 2. The van der Waals surface area contributed by atoms with Gasteiger partial charge in [-0.05, 0) is 38.3 Å². The number of hydrogen-bond acceptors (Lipinski definition) is 5. The molecule has 0 aromatic carbocycles. The van der Waals surface area contributed by atoms with Crippen LogP contribution in [0.4, 0.5) is 0 Å². The van der Waals surface area contributed by atoms with E-state index in [0.717, 1.165) is 69.9 Å². The van der Waals surface area contributed by atoms with Crippen molar-refractivity contribution in [1.29, 1.82) is 0 Å². The fourth-order valence-electron chi connectivity index (χ4n) is 3.50. The van der Waals surface area contributed by atoms with Gasteiger partial charge in [-0.3, -0.25) is 9.89 Å². The summed E-state index contributed by atoms with van der Waals surface area (Å²) in [5, 5.41) is 6.88. The van der Waals surface area contributed by atoms with E-state index < -0.39 is 0 Å². The highest BCUT2D eigenvalue weighted by atomic mass is 127. The van der Waals surface area contributed by atoms with Crippen molar-refractivity contribution < 1.29 is 13.9 Å². The summed E-state index contributed by atoms with van der Waals surface area (Å²) in [6, 6.07) is 4.25. The summed E-state index contributed by atoms with van der Waals surface area (Å²) in [5.41, 5.74) is 0. The lowest BCUT2D eigenvalue weighted by atomic mass is 10.0. The van der Waals surface area contributed by atoms with Crippen molar-refractivity contribution in [2.45, 2.75) is 46.3 Å². The van der Waals surface area contributed by atoms with Crippen LogP contribution in [0, 0.1) is 12.8 Å². The van der Waals surface area contributed by atoms with Gasteiger partial charge in [0.25, 0.3) is 0 Å². The molecule has 2 atom stereocenters. The smallest absolute Gasteiger partial charge is 0.191 e. The highest BCUT2D eigenvalue weighted by molar-refractivity contribution is 14.0. The van der Waals surface area contributed by atoms with Crippen LogP contribution in [0.25, 0.3) is 0 Å². The Morgan fingerprint density at radius 3 is 2.52 bits per heavy atom. The number of aliphatic imine (C=N–C) groups is 1. The second-order valence-electron chi connectivity index (χ2n) is 7.52. The summed E-state index contributed by atoms with van der Waals surface area (Å²) in [5.74, 6) is 3.23. The Hall–Kier alpha value is -0.840. The lowest BCUT2D eigenvalue weighted by molar-refractivity contribution is 0.0124. The van der Waals surface area contributed by atoms with Gasteiger partial charge in [-0.2, -0.15) is 0 Å². The molecule has 2 N–H and O–H groups in total. The number of guanidine groups is 1. The van der Waals surface area contributed by atoms with Gasteiger partial charge in [0.15, 0.2) is 5.96 Å². The summed E-state index contributed by atoms with van der Waals surface area (Å²) in [6.45, 7) is 14.1. The monoisotopic (exact) mass is 522 g/mol. The molecule has 1 aromatic heterocycles. The van der Waals surface area contributed by atoms with E-state index in [1.54, 1.807) is 7.05 Å². The third-order valence-corrected chi connectivity index (χ3v) is 5.11. The number of aryl methyl sites for hydroxylation is 1. The van der Waals surface area contributed by atoms with E-state index in [4.69, 9.17) is 13.9 Å². The summed E-state index contributed by atoms with van der Waals surface area (Å²) in [7, 11) is 1.80. The van der Waals surface area contributed by atoms with Crippen LogP contribution in [0.15, 0.2) is 21.5 Å². The predicted octanol–water partition coefficient (Wildman–Crippen LogP) is 3.20. The summed E-state index contributed by atoms with van der Waals surface area (Å²) >= 11 is 0. The van der Waals surface area contributed by atoms with Gasteiger partial charge in [-0.25, -0.2) is 0 Å². The normalized spacial score (nSPS) is 17.7. The van der Waals surface area contributed by atoms with Crippen LogP contribution in [0.2, 0.25) is 0 Å². The third kappa shape index (κ3) is 8.82. The molecule has 7 nitrogen and oxygen atoms in total. The molecule has 0 radical (unpaired) electrons. The average molecular weight is 522 g/mol. The van der Waals surface area contributed by atoms with Crippen molar-refractivity contribution in [3.05, 3.63) is 23.7 Å². The average Bonchev–Trinajstić information content (AvgIpc) is 3.12. The van der Waals surface area contributed by atoms with Crippen LogP contribution in [0.1, 0.15) is 44.8 Å². The Labute approximate surface area is 193 Å². The molecule has 1 aliphatic rings. The first-order chi connectivity index (χ1) is 13.5. The molecule has 8 heteroatoms. The lowest BCUT2D eigenvalue weighted by Crippen LogP contribution is -2.46. The van der Waals surface area contributed by atoms with Crippen LogP contribution in [-0.4, -0.2) is 70.0 Å². The zero-order valence-electron chi connectivity index (χ0n) is 18.6. The number of ether oxygens (including phenoxy) is 2. The Balaban J connectivity index is 0.00000420. The molecular weight excluding hydrogens is 483 g/mol. The molecule has 0 spiro atoms. The van der Waals surface area contributed by atoms with Gasteiger partial charge >= 0.3 is 0 Å². The summed E-state index contributed by atoms with van der Waals surface area (Å²) < 4.78 is 17.3. The fourth-order valence-corrected chi connectivity index (χ4v) is 3.50. The van der Waals surface area contributed by atoms with Crippen molar-refractivity contribution in [3.63, 3.8) is 0 Å². The number of halogens is 1. The maximum atomic E-state index is 5.93. The number of morpholine rings is 1. The van der Waals surface area contributed by atoms with Gasteiger partial charge in [0, 0.05) is 39.8 Å². The number of hydrogen-bond donors (Lipinski definition) is 2. The van der Waals surface area contributed by atoms with Crippen molar-refractivity contribution in [3.8, 4) is 0 Å². The minimum absolute atomic E-state index is 0. The van der Waals surface area contributed by atoms with Crippen molar-refractivity contribution in [2.75, 3.05) is 53.0 Å². The molecule has 168 valence electrons.